The number of aryl methyl sites for hydroxylation is 2. The minimum Gasteiger partial charge on any atom is -0.318 e. The third kappa shape index (κ3) is 4.29. The van der Waals surface area contributed by atoms with Crippen molar-refractivity contribution in [2.24, 2.45) is 0 Å². The second-order valence-corrected chi connectivity index (χ2v) is 4.56. The summed E-state index contributed by atoms with van der Waals surface area (Å²) in [6.07, 6.45) is 0. The van der Waals surface area contributed by atoms with Crippen molar-refractivity contribution in [3.05, 3.63) is 34.9 Å². The fourth-order valence-electron chi connectivity index (χ4n) is 1.63. The van der Waals surface area contributed by atoms with Gasteiger partial charge in [-0.15, -0.1) is 0 Å². The minimum atomic E-state index is 0.187. The standard InChI is InChI=1S/C14H22N2O/c1-11-5-6-13(9-12(11)2)14(17)10-16(4)8-7-15-3/h5-6,9,15H,7-8,10H2,1-4H3. The summed E-state index contributed by atoms with van der Waals surface area (Å²) in [7, 11) is 3.88. The molecule has 3 nitrogen and oxygen atoms in total. The highest BCUT2D eigenvalue weighted by Crippen LogP contribution is 2.10. The number of carbonyl (C=O) groups excluding carboxylic acids is 1. The fourth-order valence-corrected chi connectivity index (χ4v) is 1.63. The van der Waals surface area contributed by atoms with E-state index in [1.807, 2.05) is 44.1 Å². The first-order chi connectivity index (χ1) is 8.04. The van der Waals surface area contributed by atoms with Gasteiger partial charge in [-0.25, -0.2) is 0 Å². The van der Waals surface area contributed by atoms with Gasteiger partial charge in [-0.05, 0) is 45.1 Å². The number of rotatable bonds is 6. The number of nitrogens with one attached hydrogen (secondary N) is 1. The van der Waals surface area contributed by atoms with Crippen LogP contribution in [0.15, 0.2) is 18.2 Å². The van der Waals surface area contributed by atoms with Crippen LogP contribution in [0.25, 0.3) is 0 Å². The molecule has 94 valence electrons. The van der Waals surface area contributed by atoms with Crippen LogP contribution in [0.2, 0.25) is 0 Å². The normalized spacial score (nSPS) is 10.9. The highest BCUT2D eigenvalue weighted by molar-refractivity contribution is 5.97. The van der Waals surface area contributed by atoms with E-state index in [9.17, 15) is 4.79 Å². The van der Waals surface area contributed by atoms with Gasteiger partial charge >= 0.3 is 0 Å². The molecule has 0 aliphatic rings. The number of benzene rings is 1. The van der Waals surface area contributed by atoms with Crippen molar-refractivity contribution in [1.29, 1.82) is 0 Å². The molecule has 1 N–H and O–H groups in total. The van der Waals surface area contributed by atoms with Gasteiger partial charge in [0.2, 0.25) is 0 Å². The fraction of sp³-hybridized carbons (Fsp3) is 0.500. The van der Waals surface area contributed by atoms with Crippen LogP contribution in [-0.4, -0.2) is 44.4 Å². The Morgan fingerprint density at radius 2 is 2.00 bits per heavy atom. The average molecular weight is 234 g/mol. The van der Waals surface area contributed by atoms with E-state index in [1.165, 1.54) is 11.1 Å². The summed E-state index contributed by atoms with van der Waals surface area (Å²) < 4.78 is 0. The molecule has 0 aliphatic heterocycles. The minimum absolute atomic E-state index is 0.187. The van der Waals surface area contributed by atoms with Gasteiger partial charge in [0.15, 0.2) is 5.78 Å². The SMILES string of the molecule is CNCCN(C)CC(=O)c1ccc(C)c(C)c1. The Balaban J connectivity index is 2.60. The van der Waals surface area contributed by atoms with Gasteiger partial charge in [0.05, 0.1) is 6.54 Å². The smallest absolute Gasteiger partial charge is 0.176 e. The first-order valence-electron chi connectivity index (χ1n) is 5.98. The van der Waals surface area contributed by atoms with Crippen LogP contribution >= 0.6 is 0 Å². The highest BCUT2D eigenvalue weighted by atomic mass is 16.1. The van der Waals surface area contributed by atoms with E-state index >= 15 is 0 Å². The molecule has 1 rings (SSSR count). The molecule has 0 unspecified atom stereocenters. The molecule has 0 bridgehead atoms. The van der Waals surface area contributed by atoms with Gasteiger partial charge in [-0.2, -0.15) is 0 Å². The van der Waals surface area contributed by atoms with Crippen molar-refractivity contribution in [3.63, 3.8) is 0 Å². The van der Waals surface area contributed by atoms with Crippen LogP contribution in [0.5, 0.6) is 0 Å². The molecule has 3 heteroatoms. The molecule has 0 saturated heterocycles. The van der Waals surface area contributed by atoms with Gasteiger partial charge in [0.1, 0.15) is 0 Å². The molecule has 0 saturated carbocycles. The number of hydrogen-bond donors (Lipinski definition) is 1. The molecule has 0 radical (unpaired) electrons. The number of hydrogen-bond acceptors (Lipinski definition) is 3. The summed E-state index contributed by atoms with van der Waals surface area (Å²) in [5, 5.41) is 3.08. The van der Waals surface area contributed by atoms with Gasteiger partial charge in [0.25, 0.3) is 0 Å². The second kappa shape index (κ2) is 6.52. The monoisotopic (exact) mass is 234 g/mol. The van der Waals surface area contributed by atoms with Crippen LogP contribution in [0, 0.1) is 13.8 Å². The number of carbonyl (C=O) groups is 1. The maximum atomic E-state index is 12.0. The lowest BCUT2D eigenvalue weighted by molar-refractivity contribution is 0.0947. The zero-order chi connectivity index (χ0) is 12.8. The zero-order valence-electron chi connectivity index (χ0n) is 11.2. The Labute approximate surface area is 104 Å². The predicted molar refractivity (Wildman–Crippen MR) is 71.7 cm³/mol. The third-order valence-electron chi connectivity index (χ3n) is 2.99. The van der Waals surface area contributed by atoms with E-state index in [0.29, 0.717) is 6.54 Å². The van der Waals surface area contributed by atoms with Gasteiger partial charge in [-0.3, -0.25) is 9.69 Å². The molecule has 0 atom stereocenters. The molecule has 0 heterocycles. The number of Topliss-reactive ketones (excluding diaryl/α,β-unsaturated/α-hetero) is 1. The molecule has 0 amide bonds. The van der Waals surface area contributed by atoms with Crippen molar-refractivity contribution in [1.82, 2.24) is 10.2 Å². The van der Waals surface area contributed by atoms with Crippen LogP contribution in [-0.2, 0) is 0 Å². The summed E-state index contributed by atoms with van der Waals surface area (Å²) in [5.41, 5.74) is 3.21. The van der Waals surface area contributed by atoms with Crippen LogP contribution in [0.4, 0.5) is 0 Å². The quantitative estimate of drug-likeness (QED) is 0.759. The predicted octanol–water partition coefficient (Wildman–Crippen LogP) is 1.64. The summed E-state index contributed by atoms with van der Waals surface area (Å²) >= 11 is 0. The topological polar surface area (TPSA) is 32.3 Å². The molecule has 1 aromatic rings. The molecule has 0 spiro atoms. The van der Waals surface area contributed by atoms with Crippen molar-refractivity contribution in [2.75, 3.05) is 33.7 Å². The van der Waals surface area contributed by atoms with E-state index in [1.54, 1.807) is 0 Å². The summed E-state index contributed by atoms with van der Waals surface area (Å²) in [4.78, 5) is 14.1. The zero-order valence-corrected chi connectivity index (χ0v) is 11.2. The van der Waals surface area contributed by atoms with Crippen LogP contribution in [0.1, 0.15) is 21.5 Å². The maximum absolute atomic E-state index is 12.0. The Morgan fingerprint density at radius 3 is 2.59 bits per heavy atom. The van der Waals surface area contributed by atoms with Crippen molar-refractivity contribution in [3.8, 4) is 0 Å². The van der Waals surface area contributed by atoms with Crippen LogP contribution in [0.3, 0.4) is 0 Å². The molecule has 1 aromatic carbocycles. The Bertz CT molecular complexity index is 388. The maximum Gasteiger partial charge on any atom is 0.176 e. The van der Waals surface area contributed by atoms with E-state index in [0.717, 1.165) is 18.7 Å². The number of ketones is 1. The molecule has 0 fully saturated rings. The van der Waals surface area contributed by atoms with Crippen molar-refractivity contribution >= 4 is 5.78 Å². The summed E-state index contributed by atoms with van der Waals surface area (Å²) in [6, 6.07) is 5.90. The first-order valence-corrected chi connectivity index (χ1v) is 5.98. The number of likely N-dealkylation sites (N-methyl/N-ethyl adjacent to an activating group) is 2. The van der Waals surface area contributed by atoms with Crippen LogP contribution < -0.4 is 5.32 Å². The Morgan fingerprint density at radius 1 is 1.29 bits per heavy atom. The summed E-state index contributed by atoms with van der Waals surface area (Å²) in [6.45, 7) is 6.35. The van der Waals surface area contributed by atoms with Crippen molar-refractivity contribution in [2.45, 2.75) is 13.8 Å². The van der Waals surface area contributed by atoms with Gasteiger partial charge < -0.3 is 5.32 Å². The second-order valence-electron chi connectivity index (χ2n) is 4.56. The third-order valence-corrected chi connectivity index (χ3v) is 2.99. The van der Waals surface area contributed by atoms with Gasteiger partial charge in [-0.1, -0.05) is 12.1 Å². The van der Waals surface area contributed by atoms with E-state index in [-0.39, 0.29) is 5.78 Å². The lowest BCUT2D eigenvalue weighted by atomic mass is 10.0. The molecule has 0 aromatic heterocycles. The lowest BCUT2D eigenvalue weighted by Crippen LogP contribution is -2.31. The van der Waals surface area contributed by atoms with E-state index in [4.69, 9.17) is 0 Å². The molecular formula is C14H22N2O. The Kier molecular flexibility index (Phi) is 5.32. The molecular weight excluding hydrogens is 212 g/mol. The lowest BCUT2D eigenvalue weighted by Gasteiger charge is -2.15. The molecule has 17 heavy (non-hydrogen) atoms. The first kappa shape index (κ1) is 13.9. The van der Waals surface area contributed by atoms with Crippen molar-refractivity contribution < 1.29 is 4.79 Å². The average Bonchev–Trinajstić information content (AvgIpc) is 2.30. The largest absolute Gasteiger partial charge is 0.318 e. The van der Waals surface area contributed by atoms with E-state index < -0.39 is 0 Å². The van der Waals surface area contributed by atoms with E-state index in [2.05, 4.69) is 12.2 Å². The highest BCUT2D eigenvalue weighted by Gasteiger charge is 2.09. The van der Waals surface area contributed by atoms with Gasteiger partial charge in [0, 0.05) is 18.7 Å². The molecule has 0 aliphatic carbocycles. The summed E-state index contributed by atoms with van der Waals surface area (Å²) in [5.74, 6) is 0.187. The number of nitrogens with zero attached hydrogens (tertiary/aromatic N) is 1. The Hall–Kier alpha value is -1.19.